The second kappa shape index (κ2) is 4.94. The fourth-order valence-corrected chi connectivity index (χ4v) is 2.60. The Morgan fingerprint density at radius 2 is 1.94 bits per heavy atom. The second-order valence-corrected chi connectivity index (χ2v) is 4.92. The lowest BCUT2D eigenvalue weighted by atomic mass is 9.91. The molecule has 2 aromatic rings. The van der Waals surface area contributed by atoms with Crippen LogP contribution in [0.15, 0.2) is 24.4 Å². The van der Waals surface area contributed by atoms with Crippen molar-refractivity contribution in [2.75, 3.05) is 12.4 Å². The molecular weight excluding hydrogens is 226 g/mol. The van der Waals surface area contributed by atoms with Gasteiger partial charge in [0.2, 0.25) is 5.95 Å². The molecule has 1 aliphatic rings. The number of hydrogen-bond acceptors (Lipinski definition) is 4. The van der Waals surface area contributed by atoms with Gasteiger partial charge >= 0.3 is 0 Å². The SMILES string of the molecule is CNC1CCC(Nc2nc3ccccn3n2)CC1. The summed E-state index contributed by atoms with van der Waals surface area (Å²) in [5.74, 6) is 0.745. The van der Waals surface area contributed by atoms with Crippen LogP contribution in [0.2, 0.25) is 0 Å². The summed E-state index contributed by atoms with van der Waals surface area (Å²) >= 11 is 0. The highest BCUT2D eigenvalue weighted by atomic mass is 15.3. The minimum Gasteiger partial charge on any atom is -0.350 e. The Morgan fingerprint density at radius 1 is 1.17 bits per heavy atom. The Hall–Kier alpha value is -1.62. The first-order valence-electron chi connectivity index (χ1n) is 6.60. The minimum atomic E-state index is 0.506. The van der Waals surface area contributed by atoms with Gasteiger partial charge in [-0.1, -0.05) is 6.07 Å². The zero-order valence-electron chi connectivity index (χ0n) is 10.6. The summed E-state index contributed by atoms with van der Waals surface area (Å²) in [7, 11) is 2.04. The van der Waals surface area contributed by atoms with Crippen molar-refractivity contribution in [2.24, 2.45) is 0 Å². The minimum absolute atomic E-state index is 0.506. The van der Waals surface area contributed by atoms with Gasteiger partial charge in [-0.2, -0.15) is 4.98 Å². The van der Waals surface area contributed by atoms with Crippen molar-refractivity contribution in [1.29, 1.82) is 0 Å². The van der Waals surface area contributed by atoms with Gasteiger partial charge in [-0.05, 0) is 44.9 Å². The summed E-state index contributed by atoms with van der Waals surface area (Å²) in [4.78, 5) is 4.47. The van der Waals surface area contributed by atoms with E-state index in [9.17, 15) is 0 Å². The van der Waals surface area contributed by atoms with E-state index in [2.05, 4.69) is 20.7 Å². The normalized spacial score (nSPS) is 24.3. The van der Waals surface area contributed by atoms with Gasteiger partial charge < -0.3 is 10.6 Å². The number of fused-ring (bicyclic) bond motifs is 1. The van der Waals surface area contributed by atoms with E-state index in [1.54, 1.807) is 0 Å². The van der Waals surface area contributed by atoms with Crippen LogP contribution < -0.4 is 10.6 Å². The number of hydrogen-bond donors (Lipinski definition) is 2. The third kappa shape index (κ3) is 2.31. The molecule has 0 unspecified atom stereocenters. The van der Waals surface area contributed by atoms with Crippen molar-refractivity contribution >= 4 is 11.6 Å². The molecule has 3 rings (SSSR count). The first kappa shape index (κ1) is 11.5. The van der Waals surface area contributed by atoms with Crippen molar-refractivity contribution in [1.82, 2.24) is 19.9 Å². The summed E-state index contributed by atoms with van der Waals surface area (Å²) in [6.45, 7) is 0. The quantitative estimate of drug-likeness (QED) is 0.863. The molecule has 0 saturated heterocycles. The van der Waals surface area contributed by atoms with Crippen LogP contribution in [0.4, 0.5) is 5.95 Å². The molecule has 0 aliphatic heterocycles. The summed E-state index contributed by atoms with van der Waals surface area (Å²) in [6, 6.07) is 7.09. The molecule has 0 bridgehead atoms. The van der Waals surface area contributed by atoms with E-state index in [1.165, 1.54) is 25.7 Å². The molecule has 1 saturated carbocycles. The van der Waals surface area contributed by atoms with Crippen LogP contribution >= 0.6 is 0 Å². The maximum absolute atomic E-state index is 4.47. The van der Waals surface area contributed by atoms with Gasteiger partial charge in [0.15, 0.2) is 5.65 Å². The van der Waals surface area contributed by atoms with E-state index in [0.29, 0.717) is 12.1 Å². The summed E-state index contributed by atoms with van der Waals surface area (Å²) in [6.07, 6.45) is 6.73. The molecule has 0 aromatic carbocycles. The third-order valence-corrected chi connectivity index (χ3v) is 3.71. The molecule has 2 aromatic heterocycles. The molecule has 0 amide bonds. The monoisotopic (exact) mass is 245 g/mol. The first-order chi connectivity index (χ1) is 8.85. The van der Waals surface area contributed by atoms with Gasteiger partial charge in [0, 0.05) is 18.3 Å². The van der Waals surface area contributed by atoms with Gasteiger partial charge in [0.1, 0.15) is 0 Å². The Morgan fingerprint density at radius 3 is 2.67 bits per heavy atom. The molecule has 18 heavy (non-hydrogen) atoms. The van der Waals surface area contributed by atoms with Gasteiger partial charge in [-0.25, -0.2) is 4.52 Å². The lowest BCUT2D eigenvalue weighted by Crippen LogP contribution is -2.35. The maximum Gasteiger partial charge on any atom is 0.243 e. The third-order valence-electron chi connectivity index (χ3n) is 3.71. The average Bonchev–Trinajstić information content (AvgIpc) is 2.82. The van der Waals surface area contributed by atoms with Crippen LogP contribution in [0.25, 0.3) is 5.65 Å². The van der Waals surface area contributed by atoms with Crippen molar-refractivity contribution in [2.45, 2.75) is 37.8 Å². The fourth-order valence-electron chi connectivity index (χ4n) is 2.60. The smallest absolute Gasteiger partial charge is 0.243 e. The number of nitrogens with zero attached hydrogens (tertiary/aromatic N) is 3. The van der Waals surface area contributed by atoms with Crippen molar-refractivity contribution < 1.29 is 0 Å². The topological polar surface area (TPSA) is 54.2 Å². The van der Waals surface area contributed by atoms with Gasteiger partial charge in [0.05, 0.1) is 0 Å². The Bertz CT molecular complexity index is 480. The predicted molar refractivity (Wildman–Crippen MR) is 71.7 cm³/mol. The molecular formula is C13H19N5. The first-order valence-corrected chi connectivity index (χ1v) is 6.60. The van der Waals surface area contributed by atoms with E-state index >= 15 is 0 Å². The van der Waals surface area contributed by atoms with Crippen molar-refractivity contribution in [3.63, 3.8) is 0 Å². The van der Waals surface area contributed by atoms with E-state index in [4.69, 9.17) is 0 Å². The molecule has 96 valence electrons. The van der Waals surface area contributed by atoms with Crippen LogP contribution in [0.1, 0.15) is 25.7 Å². The lowest BCUT2D eigenvalue weighted by Gasteiger charge is -2.28. The van der Waals surface area contributed by atoms with Crippen LogP contribution in [-0.2, 0) is 0 Å². The van der Waals surface area contributed by atoms with Crippen molar-refractivity contribution in [3.05, 3.63) is 24.4 Å². The molecule has 1 fully saturated rings. The number of anilines is 1. The van der Waals surface area contributed by atoms with E-state index in [-0.39, 0.29) is 0 Å². The Labute approximate surface area is 107 Å². The Balaban J connectivity index is 1.66. The van der Waals surface area contributed by atoms with E-state index < -0.39 is 0 Å². The highest BCUT2D eigenvalue weighted by Gasteiger charge is 2.20. The number of pyridine rings is 1. The van der Waals surface area contributed by atoms with Gasteiger partial charge in [-0.3, -0.25) is 0 Å². The second-order valence-electron chi connectivity index (χ2n) is 4.92. The predicted octanol–water partition coefficient (Wildman–Crippen LogP) is 1.67. The van der Waals surface area contributed by atoms with Crippen LogP contribution in [0, 0.1) is 0 Å². The highest BCUT2D eigenvalue weighted by molar-refractivity contribution is 5.43. The van der Waals surface area contributed by atoms with Crippen LogP contribution in [0.3, 0.4) is 0 Å². The average molecular weight is 245 g/mol. The van der Waals surface area contributed by atoms with E-state index in [1.807, 2.05) is 36.0 Å². The van der Waals surface area contributed by atoms with E-state index in [0.717, 1.165) is 11.6 Å². The zero-order chi connectivity index (χ0) is 12.4. The lowest BCUT2D eigenvalue weighted by molar-refractivity contribution is 0.370. The van der Waals surface area contributed by atoms with Gasteiger partial charge in [0.25, 0.3) is 0 Å². The number of nitrogens with one attached hydrogen (secondary N) is 2. The van der Waals surface area contributed by atoms with Crippen LogP contribution in [0.5, 0.6) is 0 Å². The summed E-state index contributed by atoms with van der Waals surface area (Å²) in [5, 5.41) is 11.2. The molecule has 2 heterocycles. The molecule has 1 aliphatic carbocycles. The van der Waals surface area contributed by atoms with Crippen LogP contribution in [-0.4, -0.2) is 33.7 Å². The Kier molecular flexibility index (Phi) is 3.15. The molecule has 0 atom stereocenters. The summed E-state index contributed by atoms with van der Waals surface area (Å²) in [5.41, 5.74) is 0.893. The summed E-state index contributed by atoms with van der Waals surface area (Å²) < 4.78 is 1.81. The molecule has 2 N–H and O–H groups in total. The molecule has 0 spiro atoms. The molecule has 0 radical (unpaired) electrons. The number of aromatic nitrogens is 3. The standard InChI is InChI=1S/C13H19N5/c1-14-10-5-7-11(8-6-10)15-13-16-12-4-2-3-9-18(12)17-13/h2-4,9-11,14H,5-8H2,1H3,(H,15,17). The highest BCUT2D eigenvalue weighted by Crippen LogP contribution is 2.21. The van der Waals surface area contributed by atoms with Gasteiger partial charge in [-0.15, -0.1) is 5.10 Å². The maximum atomic E-state index is 4.47. The molecule has 5 nitrogen and oxygen atoms in total. The fraction of sp³-hybridized carbons (Fsp3) is 0.538. The number of rotatable bonds is 3. The van der Waals surface area contributed by atoms with Crippen molar-refractivity contribution in [3.8, 4) is 0 Å². The zero-order valence-corrected chi connectivity index (χ0v) is 10.6. The molecule has 5 heteroatoms. The largest absolute Gasteiger partial charge is 0.350 e.